The molecule has 0 radical (unpaired) electrons. The zero-order chi connectivity index (χ0) is 27.3. The Balaban J connectivity index is 1.57. The number of rotatable bonds is 12. The Labute approximate surface area is 229 Å². The number of carbonyl (C=O) groups excluding carboxylic acids is 3. The summed E-state index contributed by atoms with van der Waals surface area (Å²) in [7, 11) is 1.63. The number of amides is 2. The number of nitrogens with zero attached hydrogens (tertiary/aromatic N) is 3. The molecule has 9 heteroatoms. The van der Waals surface area contributed by atoms with Crippen molar-refractivity contribution < 1.29 is 23.9 Å². The third-order valence-corrected chi connectivity index (χ3v) is 6.62. The van der Waals surface area contributed by atoms with E-state index in [1.165, 1.54) is 0 Å². The number of piperazine rings is 1. The molecule has 204 valence electrons. The molecule has 0 N–H and O–H groups in total. The summed E-state index contributed by atoms with van der Waals surface area (Å²) < 4.78 is 10.3. The highest BCUT2D eigenvalue weighted by molar-refractivity contribution is 6.30. The molecule has 1 heterocycles. The van der Waals surface area contributed by atoms with E-state index in [4.69, 9.17) is 21.1 Å². The van der Waals surface area contributed by atoms with Crippen molar-refractivity contribution in [2.75, 3.05) is 59.5 Å². The summed E-state index contributed by atoms with van der Waals surface area (Å²) in [5.74, 6) is 0.303. The fraction of sp³-hybridized carbons (Fsp3) is 0.414. The Morgan fingerprint density at radius 1 is 1.03 bits per heavy atom. The molecule has 0 spiro atoms. The second kappa shape index (κ2) is 15.1. The van der Waals surface area contributed by atoms with E-state index in [9.17, 15) is 14.4 Å². The molecule has 2 amide bonds. The van der Waals surface area contributed by atoms with Crippen LogP contribution in [0.1, 0.15) is 35.7 Å². The van der Waals surface area contributed by atoms with Gasteiger partial charge in [-0.25, -0.2) is 0 Å². The number of esters is 1. The molecule has 1 fully saturated rings. The number of hydrogen-bond donors (Lipinski definition) is 0. The average Bonchev–Trinajstić information content (AvgIpc) is 2.94. The third-order valence-electron chi connectivity index (χ3n) is 6.38. The lowest BCUT2D eigenvalue weighted by atomic mass is 10.1. The minimum atomic E-state index is -0.344. The van der Waals surface area contributed by atoms with Crippen LogP contribution in [0.4, 0.5) is 0 Å². The van der Waals surface area contributed by atoms with Gasteiger partial charge in [0.15, 0.2) is 0 Å². The predicted octanol–water partition coefficient (Wildman–Crippen LogP) is 3.99. The average molecular weight is 542 g/mol. The number of methoxy groups -OCH3 is 1. The van der Waals surface area contributed by atoms with Crippen molar-refractivity contribution in [2.45, 2.75) is 19.8 Å². The lowest BCUT2D eigenvalue weighted by Gasteiger charge is -2.35. The number of para-hydroxylation sites is 1. The van der Waals surface area contributed by atoms with E-state index in [2.05, 4.69) is 4.90 Å². The molecule has 0 aromatic heterocycles. The van der Waals surface area contributed by atoms with E-state index in [0.717, 1.165) is 11.3 Å². The van der Waals surface area contributed by atoms with Gasteiger partial charge in [0.25, 0.3) is 5.91 Å². The predicted molar refractivity (Wildman–Crippen MR) is 148 cm³/mol. The van der Waals surface area contributed by atoms with Gasteiger partial charge in [-0.1, -0.05) is 48.0 Å². The van der Waals surface area contributed by atoms with Gasteiger partial charge in [0.05, 0.1) is 20.1 Å². The van der Waals surface area contributed by atoms with Crippen LogP contribution in [-0.4, -0.2) is 92.0 Å². The van der Waals surface area contributed by atoms with Crippen LogP contribution < -0.4 is 4.74 Å². The van der Waals surface area contributed by atoms with Gasteiger partial charge in [0.2, 0.25) is 5.91 Å². The van der Waals surface area contributed by atoms with E-state index in [1.807, 2.05) is 36.4 Å². The number of ether oxygens (including phenoxy) is 2. The fourth-order valence-electron chi connectivity index (χ4n) is 4.27. The van der Waals surface area contributed by atoms with E-state index < -0.39 is 0 Å². The van der Waals surface area contributed by atoms with Crippen LogP contribution in [0.2, 0.25) is 5.02 Å². The Kier molecular flexibility index (Phi) is 11.6. The largest absolute Gasteiger partial charge is 0.496 e. The Bertz CT molecular complexity index is 1110. The molecule has 0 bridgehead atoms. The summed E-state index contributed by atoms with van der Waals surface area (Å²) in [4.78, 5) is 43.2. The van der Waals surface area contributed by atoms with Crippen molar-refractivity contribution in [3.05, 3.63) is 70.8 Å². The number of hydrogen-bond acceptors (Lipinski definition) is 6. The van der Waals surface area contributed by atoms with E-state index >= 15 is 0 Å². The van der Waals surface area contributed by atoms with Gasteiger partial charge in [0, 0.05) is 68.4 Å². The van der Waals surface area contributed by atoms with Crippen LogP contribution in [0.25, 0.3) is 6.08 Å². The Morgan fingerprint density at radius 3 is 2.50 bits per heavy atom. The van der Waals surface area contributed by atoms with Crippen molar-refractivity contribution in [2.24, 2.45) is 0 Å². The number of benzene rings is 2. The first kappa shape index (κ1) is 29.2. The van der Waals surface area contributed by atoms with Crippen molar-refractivity contribution in [3.63, 3.8) is 0 Å². The molecule has 1 aliphatic rings. The van der Waals surface area contributed by atoms with Crippen LogP contribution >= 0.6 is 11.6 Å². The molecule has 2 aromatic rings. The standard InChI is InChI=1S/C29H36ClN3O5/c1-3-38-28(35)14-13-27(34)32-19-16-31(17-20-32)18-21-33(29(36)24-9-6-11-25(30)22-24)15-7-10-23-8-4-5-12-26(23)37-2/h4-12,22H,3,13-21H2,1-2H3/b10-7+. The first-order chi connectivity index (χ1) is 18.4. The Hall–Kier alpha value is -3.36. The molecule has 1 saturated heterocycles. The van der Waals surface area contributed by atoms with Gasteiger partial charge in [-0.05, 0) is 31.2 Å². The molecule has 2 aromatic carbocycles. The van der Waals surface area contributed by atoms with Crippen molar-refractivity contribution in [1.29, 1.82) is 0 Å². The molecule has 0 atom stereocenters. The molecule has 1 aliphatic heterocycles. The summed E-state index contributed by atoms with van der Waals surface area (Å²) in [6, 6.07) is 14.7. The molecular formula is C29H36ClN3O5. The maximum atomic E-state index is 13.3. The number of halogens is 1. The van der Waals surface area contributed by atoms with Crippen LogP contribution in [0.5, 0.6) is 5.75 Å². The van der Waals surface area contributed by atoms with Crippen molar-refractivity contribution in [1.82, 2.24) is 14.7 Å². The second-order valence-corrected chi connectivity index (χ2v) is 9.37. The maximum Gasteiger partial charge on any atom is 0.306 e. The minimum absolute atomic E-state index is 0.0306. The van der Waals surface area contributed by atoms with Gasteiger partial charge in [-0.3, -0.25) is 19.3 Å². The van der Waals surface area contributed by atoms with Crippen molar-refractivity contribution in [3.8, 4) is 5.75 Å². The van der Waals surface area contributed by atoms with Gasteiger partial charge in [-0.15, -0.1) is 0 Å². The molecule has 0 aliphatic carbocycles. The minimum Gasteiger partial charge on any atom is -0.496 e. The van der Waals surface area contributed by atoms with Crippen LogP contribution in [0, 0.1) is 0 Å². The summed E-state index contributed by atoms with van der Waals surface area (Å²) in [6.45, 7) is 6.31. The SMILES string of the molecule is CCOC(=O)CCC(=O)N1CCN(CCN(C/C=C/c2ccccc2OC)C(=O)c2cccc(Cl)c2)CC1. The maximum absolute atomic E-state index is 13.3. The topological polar surface area (TPSA) is 79.4 Å². The highest BCUT2D eigenvalue weighted by Crippen LogP contribution is 2.19. The first-order valence-corrected chi connectivity index (χ1v) is 13.3. The zero-order valence-corrected chi connectivity index (χ0v) is 22.9. The molecule has 0 saturated carbocycles. The summed E-state index contributed by atoms with van der Waals surface area (Å²) >= 11 is 6.14. The number of carbonyl (C=O) groups is 3. The molecule has 38 heavy (non-hydrogen) atoms. The normalized spacial score (nSPS) is 13.9. The van der Waals surface area contributed by atoms with E-state index in [1.54, 1.807) is 48.1 Å². The molecule has 0 unspecified atom stereocenters. The molecular weight excluding hydrogens is 506 g/mol. The van der Waals surface area contributed by atoms with E-state index in [0.29, 0.717) is 63.0 Å². The van der Waals surface area contributed by atoms with Crippen LogP contribution in [0.3, 0.4) is 0 Å². The summed E-state index contributed by atoms with van der Waals surface area (Å²) in [5, 5.41) is 0.518. The third kappa shape index (κ3) is 8.89. The van der Waals surface area contributed by atoms with Gasteiger partial charge >= 0.3 is 5.97 Å². The highest BCUT2D eigenvalue weighted by atomic mass is 35.5. The lowest BCUT2D eigenvalue weighted by molar-refractivity contribution is -0.146. The zero-order valence-electron chi connectivity index (χ0n) is 22.1. The first-order valence-electron chi connectivity index (χ1n) is 12.9. The van der Waals surface area contributed by atoms with Crippen LogP contribution in [-0.2, 0) is 14.3 Å². The van der Waals surface area contributed by atoms with Gasteiger partial charge in [0.1, 0.15) is 5.75 Å². The highest BCUT2D eigenvalue weighted by Gasteiger charge is 2.23. The summed E-state index contributed by atoms with van der Waals surface area (Å²) in [6.07, 6.45) is 4.19. The quantitative estimate of drug-likeness (QED) is 0.378. The van der Waals surface area contributed by atoms with Crippen LogP contribution in [0.15, 0.2) is 54.6 Å². The van der Waals surface area contributed by atoms with Gasteiger partial charge in [-0.2, -0.15) is 0 Å². The monoisotopic (exact) mass is 541 g/mol. The second-order valence-electron chi connectivity index (χ2n) is 8.93. The molecule has 3 rings (SSSR count). The summed E-state index contributed by atoms with van der Waals surface area (Å²) in [5.41, 5.74) is 1.48. The Morgan fingerprint density at radius 2 is 1.79 bits per heavy atom. The van der Waals surface area contributed by atoms with Gasteiger partial charge < -0.3 is 19.3 Å². The lowest BCUT2D eigenvalue weighted by Crippen LogP contribution is -2.50. The van der Waals surface area contributed by atoms with Crippen molar-refractivity contribution >= 4 is 35.5 Å². The van der Waals surface area contributed by atoms with E-state index in [-0.39, 0.29) is 30.6 Å². The smallest absolute Gasteiger partial charge is 0.306 e. The molecule has 8 nitrogen and oxygen atoms in total. The fourth-order valence-corrected chi connectivity index (χ4v) is 4.46.